The number of Topliss-reactive ketones (excluding diaryl/α,β-unsaturated/α-hetero) is 1. The molecule has 2 aromatic rings. The van der Waals surface area contributed by atoms with Crippen LogP contribution in [0.5, 0.6) is 0 Å². The summed E-state index contributed by atoms with van der Waals surface area (Å²) in [6.45, 7) is 7.24. The Morgan fingerprint density at radius 2 is 1.67 bits per heavy atom. The zero-order chi connectivity index (χ0) is 21.6. The fourth-order valence-electron chi connectivity index (χ4n) is 3.88. The third-order valence-corrected chi connectivity index (χ3v) is 7.82. The van der Waals surface area contributed by atoms with Crippen molar-refractivity contribution in [2.75, 3.05) is 32.7 Å². The van der Waals surface area contributed by atoms with Gasteiger partial charge in [-0.3, -0.25) is 4.79 Å². The van der Waals surface area contributed by atoms with Crippen LogP contribution in [0.2, 0.25) is 0 Å². The lowest BCUT2D eigenvalue weighted by molar-refractivity contribution is -0.894. The van der Waals surface area contributed by atoms with E-state index < -0.39 is 10.0 Å². The Bertz CT molecular complexity index is 979. The highest BCUT2D eigenvalue weighted by molar-refractivity contribution is 7.89. The Balaban J connectivity index is 1.55. The summed E-state index contributed by atoms with van der Waals surface area (Å²) in [6, 6.07) is 16.8. The lowest BCUT2D eigenvalue weighted by Crippen LogP contribution is -3.12. The van der Waals surface area contributed by atoms with Crippen LogP contribution in [0, 0.1) is 0 Å². The minimum absolute atomic E-state index is 0.0622. The summed E-state index contributed by atoms with van der Waals surface area (Å²) in [5, 5.41) is 0. The first-order valence-corrected chi connectivity index (χ1v) is 12.1. The standard InChI is InChI=1S/C24H30N2O3S/c1-3-26(4-2)30(28,29)23-12-10-22(11-13-23)24(27)16-19-25-17-14-21(15-18-25)20-8-6-5-7-9-20/h5-14H,3-4,15-19H2,1-2H3/p+1. The van der Waals surface area contributed by atoms with E-state index in [-0.39, 0.29) is 10.7 Å². The molecule has 0 saturated carbocycles. The number of hydrogen-bond acceptors (Lipinski definition) is 3. The van der Waals surface area contributed by atoms with Gasteiger partial charge in [-0.25, -0.2) is 8.42 Å². The van der Waals surface area contributed by atoms with E-state index in [1.54, 1.807) is 24.3 Å². The maximum Gasteiger partial charge on any atom is 0.243 e. The van der Waals surface area contributed by atoms with Gasteiger partial charge in [0.2, 0.25) is 10.0 Å². The molecule has 2 aromatic carbocycles. The average Bonchev–Trinajstić information content (AvgIpc) is 2.79. The molecule has 0 amide bonds. The Labute approximate surface area is 180 Å². The van der Waals surface area contributed by atoms with Gasteiger partial charge in [0.1, 0.15) is 0 Å². The number of ketones is 1. The molecule has 0 fully saturated rings. The average molecular weight is 428 g/mol. The zero-order valence-corrected chi connectivity index (χ0v) is 18.6. The highest BCUT2D eigenvalue weighted by Crippen LogP contribution is 2.18. The first-order valence-electron chi connectivity index (χ1n) is 10.7. The summed E-state index contributed by atoms with van der Waals surface area (Å²) >= 11 is 0. The maximum atomic E-state index is 12.6. The molecule has 160 valence electrons. The molecular formula is C24H31N2O3S+. The summed E-state index contributed by atoms with van der Waals surface area (Å²) in [6.07, 6.45) is 3.77. The molecule has 0 bridgehead atoms. The molecule has 0 spiro atoms. The van der Waals surface area contributed by atoms with Crippen molar-refractivity contribution in [1.29, 1.82) is 0 Å². The zero-order valence-electron chi connectivity index (χ0n) is 17.8. The van der Waals surface area contributed by atoms with E-state index in [1.165, 1.54) is 20.3 Å². The third-order valence-electron chi connectivity index (χ3n) is 5.75. The van der Waals surface area contributed by atoms with Crippen LogP contribution < -0.4 is 4.90 Å². The van der Waals surface area contributed by atoms with Gasteiger partial charge in [0.05, 0.1) is 31.0 Å². The Kier molecular flexibility index (Phi) is 7.58. The number of sulfonamides is 1. The maximum absolute atomic E-state index is 12.6. The first-order chi connectivity index (χ1) is 14.5. The van der Waals surface area contributed by atoms with Crippen molar-refractivity contribution in [3.05, 3.63) is 71.8 Å². The van der Waals surface area contributed by atoms with Crippen LogP contribution in [0.1, 0.15) is 42.6 Å². The molecular weight excluding hydrogens is 396 g/mol. The predicted octanol–water partition coefficient (Wildman–Crippen LogP) is 2.66. The van der Waals surface area contributed by atoms with Gasteiger partial charge >= 0.3 is 0 Å². The van der Waals surface area contributed by atoms with Crippen molar-refractivity contribution in [3.8, 4) is 0 Å². The highest BCUT2D eigenvalue weighted by atomic mass is 32.2. The topological polar surface area (TPSA) is 58.9 Å². The van der Waals surface area contributed by atoms with Crippen molar-refractivity contribution >= 4 is 21.4 Å². The summed E-state index contributed by atoms with van der Waals surface area (Å²) in [5.74, 6) is 0.0622. The lowest BCUT2D eigenvalue weighted by atomic mass is 9.99. The van der Waals surface area contributed by atoms with Crippen LogP contribution in [0.3, 0.4) is 0 Å². The molecule has 1 aliphatic heterocycles. The fraction of sp³-hybridized carbons (Fsp3) is 0.375. The van der Waals surface area contributed by atoms with Gasteiger partial charge in [-0.05, 0) is 29.3 Å². The summed E-state index contributed by atoms with van der Waals surface area (Å²) in [7, 11) is -3.49. The van der Waals surface area contributed by atoms with Gasteiger partial charge in [0, 0.05) is 25.1 Å². The molecule has 6 heteroatoms. The Morgan fingerprint density at radius 1 is 1.00 bits per heavy atom. The van der Waals surface area contributed by atoms with Gasteiger partial charge in [0.15, 0.2) is 5.78 Å². The Hall–Kier alpha value is -2.28. The van der Waals surface area contributed by atoms with E-state index in [9.17, 15) is 13.2 Å². The number of benzene rings is 2. The third kappa shape index (κ3) is 5.25. The van der Waals surface area contributed by atoms with E-state index in [1.807, 2.05) is 19.9 Å². The van der Waals surface area contributed by atoms with E-state index in [4.69, 9.17) is 0 Å². The second-order valence-corrected chi connectivity index (χ2v) is 9.52. The second kappa shape index (κ2) is 10.2. The number of nitrogens with zero attached hydrogens (tertiary/aromatic N) is 1. The van der Waals surface area contributed by atoms with Crippen molar-refractivity contribution in [2.45, 2.75) is 31.6 Å². The van der Waals surface area contributed by atoms with Gasteiger partial charge in [-0.1, -0.05) is 56.3 Å². The molecule has 5 nitrogen and oxygen atoms in total. The molecule has 30 heavy (non-hydrogen) atoms. The van der Waals surface area contributed by atoms with E-state index in [2.05, 4.69) is 30.3 Å². The number of quaternary nitrogens is 1. The highest BCUT2D eigenvalue weighted by Gasteiger charge is 2.22. The molecule has 0 aliphatic carbocycles. The SMILES string of the molecule is CCN(CC)S(=O)(=O)c1ccc(C(=O)CC[NH+]2CC=C(c3ccccc3)CC2)cc1. The van der Waals surface area contributed by atoms with Crippen molar-refractivity contribution < 1.29 is 18.1 Å². The summed E-state index contributed by atoms with van der Waals surface area (Å²) < 4.78 is 26.6. The molecule has 1 atom stereocenters. The molecule has 0 saturated heterocycles. The molecule has 1 unspecified atom stereocenters. The van der Waals surface area contributed by atoms with Crippen LogP contribution in [-0.4, -0.2) is 51.2 Å². The van der Waals surface area contributed by atoms with Crippen LogP contribution in [0.4, 0.5) is 0 Å². The van der Waals surface area contributed by atoms with Crippen LogP contribution in [0.15, 0.2) is 65.6 Å². The first kappa shape index (κ1) is 22.4. The number of carbonyl (C=O) groups excluding carboxylic acids is 1. The molecule has 1 heterocycles. The molecule has 3 rings (SSSR count). The minimum atomic E-state index is -3.49. The van der Waals surface area contributed by atoms with Gasteiger partial charge in [-0.2, -0.15) is 4.31 Å². The van der Waals surface area contributed by atoms with Crippen molar-refractivity contribution in [2.24, 2.45) is 0 Å². The number of hydrogen-bond donors (Lipinski definition) is 1. The normalized spacial score (nSPS) is 17.0. The van der Waals surface area contributed by atoms with Crippen LogP contribution >= 0.6 is 0 Å². The predicted molar refractivity (Wildman–Crippen MR) is 120 cm³/mol. The van der Waals surface area contributed by atoms with Gasteiger partial charge < -0.3 is 4.90 Å². The monoisotopic (exact) mass is 427 g/mol. The van der Waals surface area contributed by atoms with E-state index in [0.29, 0.717) is 25.1 Å². The lowest BCUT2D eigenvalue weighted by Gasteiger charge is -2.23. The quantitative estimate of drug-likeness (QED) is 0.626. The summed E-state index contributed by atoms with van der Waals surface area (Å²) in [5.41, 5.74) is 3.24. The van der Waals surface area contributed by atoms with Crippen LogP contribution in [0.25, 0.3) is 5.57 Å². The van der Waals surface area contributed by atoms with Crippen molar-refractivity contribution in [1.82, 2.24) is 4.31 Å². The molecule has 0 radical (unpaired) electrons. The molecule has 1 aliphatic rings. The van der Waals surface area contributed by atoms with Crippen molar-refractivity contribution in [3.63, 3.8) is 0 Å². The Morgan fingerprint density at radius 3 is 2.23 bits per heavy atom. The molecule has 1 N–H and O–H groups in total. The second-order valence-electron chi connectivity index (χ2n) is 7.59. The number of nitrogens with one attached hydrogen (secondary N) is 1. The largest absolute Gasteiger partial charge is 0.331 e. The number of carbonyl (C=O) groups is 1. The fourth-order valence-corrected chi connectivity index (χ4v) is 5.34. The summed E-state index contributed by atoms with van der Waals surface area (Å²) in [4.78, 5) is 14.2. The van der Waals surface area contributed by atoms with Gasteiger partial charge in [-0.15, -0.1) is 0 Å². The number of rotatable bonds is 9. The van der Waals surface area contributed by atoms with E-state index >= 15 is 0 Å². The minimum Gasteiger partial charge on any atom is -0.331 e. The van der Waals surface area contributed by atoms with Crippen LogP contribution in [-0.2, 0) is 10.0 Å². The van der Waals surface area contributed by atoms with Gasteiger partial charge in [0.25, 0.3) is 0 Å². The smallest absolute Gasteiger partial charge is 0.243 e. The van der Waals surface area contributed by atoms with E-state index in [0.717, 1.165) is 26.1 Å². The molecule has 0 aromatic heterocycles.